The predicted molar refractivity (Wildman–Crippen MR) is 84.3 cm³/mol. The summed E-state index contributed by atoms with van der Waals surface area (Å²) < 4.78 is 1.68. The predicted octanol–water partition coefficient (Wildman–Crippen LogP) is 4.01. The normalized spacial score (nSPS) is 16.3. The molecule has 4 nitrogen and oxygen atoms in total. The average Bonchev–Trinajstić information content (AvgIpc) is 2.76. The molecule has 0 atom stereocenters. The van der Waals surface area contributed by atoms with Gasteiger partial charge in [-0.15, -0.1) is 0 Å². The van der Waals surface area contributed by atoms with Crippen LogP contribution in [0.5, 0.6) is 0 Å². The van der Waals surface area contributed by atoms with E-state index in [1.807, 2.05) is 6.92 Å². The highest BCUT2D eigenvalue weighted by molar-refractivity contribution is 6.36. The van der Waals surface area contributed by atoms with Crippen LogP contribution in [0.3, 0.4) is 0 Å². The fourth-order valence-electron chi connectivity index (χ4n) is 2.96. The van der Waals surface area contributed by atoms with Gasteiger partial charge in [0.25, 0.3) is 5.91 Å². The number of halogens is 2. The number of hydrogen-bond acceptors (Lipinski definition) is 2. The van der Waals surface area contributed by atoms with E-state index in [0.29, 0.717) is 27.1 Å². The van der Waals surface area contributed by atoms with Crippen molar-refractivity contribution in [1.29, 1.82) is 0 Å². The van der Waals surface area contributed by atoms with Crippen LogP contribution in [0.25, 0.3) is 5.65 Å². The molecular formula is C15H17Cl2N3O. The van der Waals surface area contributed by atoms with E-state index in [9.17, 15) is 4.79 Å². The minimum absolute atomic E-state index is 0.106. The lowest BCUT2D eigenvalue weighted by Gasteiger charge is -2.22. The van der Waals surface area contributed by atoms with Crippen LogP contribution in [0.1, 0.15) is 48.3 Å². The molecule has 6 heteroatoms. The molecule has 1 N–H and O–H groups in total. The molecule has 0 saturated heterocycles. The Morgan fingerprint density at radius 1 is 1.33 bits per heavy atom. The van der Waals surface area contributed by atoms with Crippen molar-refractivity contribution in [2.24, 2.45) is 0 Å². The van der Waals surface area contributed by atoms with Gasteiger partial charge in [-0.05, 0) is 25.8 Å². The maximum atomic E-state index is 12.6. The third kappa shape index (κ3) is 2.87. The van der Waals surface area contributed by atoms with E-state index in [-0.39, 0.29) is 11.9 Å². The summed E-state index contributed by atoms with van der Waals surface area (Å²) in [4.78, 5) is 17.0. The number of aromatic nitrogens is 2. The minimum Gasteiger partial charge on any atom is -0.348 e. The van der Waals surface area contributed by atoms with Crippen molar-refractivity contribution >= 4 is 34.8 Å². The van der Waals surface area contributed by atoms with Gasteiger partial charge >= 0.3 is 0 Å². The van der Waals surface area contributed by atoms with E-state index in [4.69, 9.17) is 23.2 Å². The van der Waals surface area contributed by atoms with Crippen LogP contribution in [-0.4, -0.2) is 21.3 Å². The summed E-state index contributed by atoms with van der Waals surface area (Å²) in [5.74, 6) is -0.106. The highest BCUT2D eigenvalue weighted by Crippen LogP contribution is 2.25. The number of carbonyl (C=O) groups is 1. The topological polar surface area (TPSA) is 46.4 Å². The van der Waals surface area contributed by atoms with Crippen molar-refractivity contribution < 1.29 is 4.79 Å². The summed E-state index contributed by atoms with van der Waals surface area (Å²) in [7, 11) is 0. The van der Waals surface area contributed by atoms with Crippen LogP contribution in [0.2, 0.25) is 10.0 Å². The Hall–Kier alpha value is -1.26. The summed E-state index contributed by atoms with van der Waals surface area (Å²) >= 11 is 12.2. The highest BCUT2D eigenvalue weighted by atomic mass is 35.5. The van der Waals surface area contributed by atoms with Gasteiger partial charge in [-0.2, -0.15) is 0 Å². The molecule has 21 heavy (non-hydrogen) atoms. The molecule has 1 fully saturated rings. The van der Waals surface area contributed by atoms with E-state index in [0.717, 1.165) is 12.8 Å². The number of rotatable bonds is 2. The minimum atomic E-state index is -0.106. The molecule has 0 aromatic carbocycles. The Morgan fingerprint density at radius 3 is 2.76 bits per heavy atom. The lowest BCUT2D eigenvalue weighted by molar-refractivity contribution is 0.0921. The third-order valence-corrected chi connectivity index (χ3v) is 4.46. The Morgan fingerprint density at radius 2 is 2.05 bits per heavy atom. The first kappa shape index (κ1) is 14.7. The first-order valence-corrected chi connectivity index (χ1v) is 7.96. The van der Waals surface area contributed by atoms with Crippen molar-refractivity contribution in [3.63, 3.8) is 0 Å². The first-order chi connectivity index (χ1) is 10.1. The lowest BCUT2D eigenvalue weighted by atomic mass is 9.95. The zero-order chi connectivity index (χ0) is 15.0. The smallest absolute Gasteiger partial charge is 0.270 e. The van der Waals surface area contributed by atoms with Gasteiger partial charge in [0.1, 0.15) is 5.69 Å². The van der Waals surface area contributed by atoms with Crippen LogP contribution in [0.15, 0.2) is 12.3 Å². The van der Waals surface area contributed by atoms with Gasteiger partial charge in [0, 0.05) is 12.2 Å². The fourth-order valence-corrected chi connectivity index (χ4v) is 3.47. The van der Waals surface area contributed by atoms with Crippen LogP contribution in [-0.2, 0) is 0 Å². The summed E-state index contributed by atoms with van der Waals surface area (Å²) in [5.41, 5.74) is 1.74. The summed E-state index contributed by atoms with van der Waals surface area (Å²) in [6.07, 6.45) is 7.38. The molecule has 112 valence electrons. The molecule has 0 spiro atoms. The Labute approximate surface area is 133 Å². The van der Waals surface area contributed by atoms with Crippen molar-refractivity contribution in [3.05, 3.63) is 33.7 Å². The molecule has 0 bridgehead atoms. The van der Waals surface area contributed by atoms with Crippen LogP contribution >= 0.6 is 23.2 Å². The maximum Gasteiger partial charge on any atom is 0.270 e. The van der Waals surface area contributed by atoms with Gasteiger partial charge in [-0.1, -0.05) is 42.5 Å². The summed E-state index contributed by atoms with van der Waals surface area (Å²) in [6.45, 7) is 1.81. The van der Waals surface area contributed by atoms with Gasteiger partial charge in [0.15, 0.2) is 5.65 Å². The molecule has 1 amide bonds. The number of nitrogens with zero attached hydrogens (tertiary/aromatic N) is 2. The number of imidazole rings is 1. The maximum absolute atomic E-state index is 12.6. The second-order valence-corrected chi connectivity index (χ2v) is 6.40. The van der Waals surface area contributed by atoms with Crippen molar-refractivity contribution in [3.8, 4) is 0 Å². The standard InChI is InChI=1S/C15H17Cl2N3O/c1-9-13(15(21)19-11-5-3-2-4-6-11)20-8-10(16)7-12(17)14(20)18-9/h7-8,11H,2-6H2,1H3,(H,19,21). The molecule has 2 heterocycles. The molecule has 1 aliphatic carbocycles. The number of fused-ring (bicyclic) bond motifs is 1. The Kier molecular flexibility index (Phi) is 4.09. The van der Waals surface area contributed by atoms with Crippen molar-refractivity contribution in [2.45, 2.75) is 45.1 Å². The van der Waals surface area contributed by atoms with E-state index in [2.05, 4.69) is 10.3 Å². The largest absolute Gasteiger partial charge is 0.348 e. The van der Waals surface area contributed by atoms with Crippen molar-refractivity contribution in [2.75, 3.05) is 0 Å². The van der Waals surface area contributed by atoms with E-state index in [1.165, 1.54) is 19.3 Å². The molecule has 1 aliphatic rings. The van der Waals surface area contributed by atoms with Gasteiger partial charge in [-0.25, -0.2) is 4.98 Å². The molecule has 2 aromatic rings. The van der Waals surface area contributed by atoms with Gasteiger partial charge < -0.3 is 5.32 Å². The number of pyridine rings is 1. The molecule has 1 saturated carbocycles. The molecule has 3 rings (SSSR count). The molecule has 0 unspecified atom stereocenters. The number of aryl methyl sites for hydroxylation is 1. The zero-order valence-electron chi connectivity index (χ0n) is 11.8. The Balaban J connectivity index is 1.95. The highest BCUT2D eigenvalue weighted by Gasteiger charge is 2.22. The second kappa shape index (κ2) is 5.85. The SMILES string of the molecule is Cc1nc2c(Cl)cc(Cl)cn2c1C(=O)NC1CCCCC1. The molecule has 0 aliphatic heterocycles. The number of nitrogens with one attached hydrogen (secondary N) is 1. The van der Waals surface area contributed by atoms with Crippen LogP contribution < -0.4 is 5.32 Å². The summed E-state index contributed by atoms with van der Waals surface area (Å²) in [6, 6.07) is 1.89. The molecule has 2 aromatic heterocycles. The quantitative estimate of drug-likeness (QED) is 0.906. The molecule has 0 radical (unpaired) electrons. The van der Waals surface area contributed by atoms with Gasteiger partial charge in [0.2, 0.25) is 0 Å². The summed E-state index contributed by atoms with van der Waals surface area (Å²) in [5, 5.41) is 4.04. The van der Waals surface area contributed by atoms with E-state index < -0.39 is 0 Å². The van der Waals surface area contributed by atoms with E-state index in [1.54, 1.807) is 16.7 Å². The zero-order valence-corrected chi connectivity index (χ0v) is 13.3. The third-order valence-electron chi connectivity index (χ3n) is 3.97. The van der Waals surface area contributed by atoms with Crippen molar-refractivity contribution in [1.82, 2.24) is 14.7 Å². The van der Waals surface area contributed by atoms with E-state index >= 15 is 0 Å². The van der Waals surface area contributed by atoms with Gasteiger partial charge in [-0.3, -0.25) is 9.20 Å². The second-order valence-electron chi connectivity index (χ2n) is 5.55. The van der Waals surface area contributed by atoms with Crippen LogP contribution in [0, 0.1) is 6.92 Å². The lowest BCUT2D eigenvalue weighted by Crippen LogP contribution is -2.37. The number of amides is 1. The van der Waals surface area contributed by atoms with Crippen LogP contribution in [0.4, 0.5) is 0 Å². The molecular weight excluding hydrogens is 309 g/mol. The number of hydrogen-bond donors (Lipinski definition) is 1. The Bertz CT molecular complexity index is 690. The van der Waals surface area contributed by atoms with Gasteiger partial charge in [0.05, 0.1) is 15.7 Å². The monoisotopic (exact) mass is 325 g/mol. The fraction of sp³-hybridized carbons (Fsp3) is 0.467. The average molecular weight is 326 g/mol. The first-order valence-electron chi connectivity index (χ1n) is 7.21. The number of carbonyl (C=O) groups excluding carboxylic acids is 1.